The van der Waals surface area contributed by atoms with E-state index in [9.17, 15) is 13.2 Å². The molecule has 1 saturated carbocycles. The van der Waals surface area contributed by atoms with Gasteiger partial charge in [0.15, 0.2) is 0 Å². The van der Waals surface area contributed by atoms with Crippen LogP contribution in [-0.4, -0.2) is 56.3 Å². The first-order valence-electron chi connectivity index (χ1n) is 9.02. The van der Waals surface area contributed by atoms with E-state index in [1.165, 1.54) is 4.31 Å². The van der Waals surface area contributed by atoms with Crippen LogP contribution in [-0.2, 0) is 20.6 Å². The number of hydrogen-bond acceptors (Lipinski definition) is 4. The molecule has 138 valence electrons. The fourth-order valence-corrected chi connectivity index (χ4v) is 5.46. The molecule has 3 rings (SSSR count). The van der Waals surface area contributed by atoms with Crippen LogP contribution in [0.4, 0.5) is 0 Å². The molecule has 1 aliphatic heterocycles. The van der Waals surface area contributed by atoms with Crippen LogP contribution in [0.25, 0.3) is 0 Å². The second-order valence-electron chi connectivity index (χ2n) is 7.00. The molecule has 0 spiro atoms. The summed E-state index contributed by atoms with van der Waals surface area (Å²) in [6.07, 6.45) is 3.00. The first kappa shape index (κ1) is 18.4. The van der Waals surface area contributed by atoms with Gasteiger partial charge >= 0.3 is 0 Å². The van der Waals surface area contributed by atoms with Crippen molar-refractivity contribution in [1.82, 2.24) is 9.21 Å². The van der Waals surface area contributed by atoms with E-state index in [0.717, 1.165) is 24.8 Å². The fraction of sp³-hybridized carbons (Fsp3) is 0.611. The van der Waals surface area contributed by atoms with Gasteiger partial charge in [-0.3, -0.25) is 4.79 Å². The van der Waals surface area contributed by atoms with Gasteiger partial charge in [0.25, 0.3) is 0 Å². The lowest BCUT2D eigenvalue weighted by Crippen LogP contribution is -2.52. The van der Waals surface area contributed by atoms with E-state index in [2.05, 4.69) is 0 Å². The molecule has 0 radical (unpaired) electrons. The Morgan fingerprint density at radius 3 is 2.40 bits per heavy atom. The maximum absolute atomic E-state index is 12.7. The van der Waals surface area contributed by atoms with E-state index in [0.29, 0.717) is 32.7 Å². The van der Waals surface area contributed by atoms with Crippen molar-refractivity contribution >= 4 is 15.9 Å². The lowest BCUT2D eigenvalue weighted by molar-refractivity contribution is -0.137. The molecule has 2 fully saturated rings. The Kier molecular flexibility index (Phi) is 5.76. The summed E-state index contributed by atoms with van der Waals surface area (Å²) in [7, 11) is -3.34. The van der Waals surface area contributed by atoms with Gasteiger partial charge in [-0.1, -0.05) is 36.8 Å². The van der Waals surface area contributed by atoms with E-state index >= 15 is 0 Å². The monoisotopic (exact) mass is 365 g/mol. The molecule has 2 aliphatic rings. The number of hydrogen-bond donors (Lipinski definition) is 1. The Morgan fingerprint density at radius 1 is 1.08 bits per heavy atom. The Morgan fingerprint density at radius 2 is 1.76 bits per heavy atom. The Bertz CT molecular complexity index is 685. The van der Waals surface area contributed by atoms with Crippen LogP contribution >= 0.6 is 0 Å². The van der Waals surface area contributed by atoms with Crippen LogP contribution in [0.15, 0.2) is 30.3 Å². The predicted molar refractivity (Wildman–Crippen MR) is 97.1 cm³/mol. The standard InChI is InChI=1S/C18H27N3O3S/c19-13-16-7-4-8-17(16)18(22)20-9-11-21(12-10-20)25(23,24)14-15-5-2-1-3-6-15/h1-3,5-6,16-17H,4,7-14,19H2/t16-,17-/m1/s1. The first-order chi connectivity index (χ1) is 12.0. The second kappa shape index (κ2) is 7.85. The third-order valence-electron chi connectivity index (χ3n) is 5.41. The fourth-order valence-electron chi connectivity index (χ4n) is 3.94. The molecule has 1 aromatic rings. The maximum atomic E-state index is 12.7. The molecule has 1 saturated heterocycles. The second-order valence-corrected chi connectivity index (χ2v) is 8.97. The number of piperazine rings is 1. The molecule has 1 amide bonds. The summed E-state index contributed by atoms with van der Waals surface area (Å²) < 4.78 is 26.7. The van der Waals surface area contributed by atoms with Crippen molar-refractivity contribution in [2.75, 3.05) is 32.7 Å². The molecule has 2 atom stereocenters. The molecule has 6 nitrogen and oxygen atoms in total. The molecule has 0 unspecified atom stereocenters. The van der Waals surface area contributed by atoms with Gasteiger partial charge in [-0.05, 0) is 30.9 Å². The number of amides is 1. The Hall–Kier alpha value is -1.44. The van der Waals surface area contributed by atoms with Crippen LogP contribution in [0.3, 0.4) is 0 Å². The van der Waals surface area contributed by atoms with Gasteiger partial charge in [0.05, 0.1) is 5.75 Å². The number of rotatable bonds is 5. The minimum absolute atomic E-state index is 0.0136. The third-order valence-corrected chi connectivity index (χ3v) is 7.26. The summed E-state index contributed by atoms with van der Waals surface area (Å²) in [4.78, 5) is 14.5. The van der Waals surface area contributed by atoms with Crippen LogP contribution in [0.2, 0.25) is 0 Å². The number of nitrogens with zero attached hydrogens (tertiary/aromatic N) is 2. The average molecular weight is 365 g/mol. The van der Waals surface area contributed by atoms with Gasteiger partial charge in [0.2, 0.25) is 15.9 Å². The zero-order valence-corrected chi connectivity index (χ0v) is 15.3. The third kappa shape index (κ3) is 4.22. The summed E-state index contributed by atoms with van der Waals surface area (Å²) in [5.41, 5.74) is 6.58. The lowest BCUT2D eigenvalue weighted by atomic mass is 9.94. The number of carbonyl (C=O) groups excluding carboxylic acids is 1. The molecular weight excluding hydrogens is 338 g/mol. The minimum Gasteiger partial charge on any atom is -0.340 e. The molecule has 7 heteroatoms. The van der Waals surface area contributed by atoms with Crippen molar-refractivity contribution in [3.8, 4) is 0 Å². The lowest BCUT2D eigenvalue weighted by Gasteiger charge is -2.36. The SMILES string of the molecule is NC[C@H]1CCC[C@H]1C(=O)N1CCN(S(=O)(=O)Cc2ccccc2)CC1. The molecular formula is C18H27N3O3S. The number of benzene rings is 1. The molecule has 1 aromatic carbocycles. The topological polar surface area (TPSA) is 83.7 Å². The van der Waals surface area contributed by atoms with Crippen LogP contribution in [0, 0.1) is 11.8 Å². The molecule has 2 N–H and O–H groups in total. The van der Waals surface area contributed by atoms with Crippen molar-refractivity contribution in [3.05, 3.63) is 35.9 Å². The van der Waals surface area contributed by atoms with Gasteiger partial charge in [-0.15, -0.1) is 0 Å². The van der Waals surface area contributed by atoms with Crippen LogP contribution < -0.4 is 5.73 Å². The zero-order chi connectivity index (χ0) is 17.9. The van der Waals surface area contributed by atoms with Crippen LogP contribution in [0.1, 0.15) is 24.8 Å². The average Bonchev–Trinajstić information content (AvgIpc) is 3.10. The summed E-state index contributed by atoms with van der Waals surface area (Å²) in [6.45, 7) is 2.25. The predicted octanol–water partition coefficient (Wildman–Crippen LogP) is 1.04. The van der Waals surface area contributed by atoms with Crippen molar-refractivity contribution in [2.45, 2.75) is 25.0 Å². The number of nitrogens with two attached hydrogens (primary N) is 1. The number of carbonyl (C=O) groups is 1. The molecule has 0 bridgehead atoms. The molecule has 1 aliphatic carbocycles. The van der Waals surface area contributed by atoms with Crippen LogP contribution in [0.5, 0.6) is 0 Å². The summed E-state index contributed by atoms with van der Waals surface area (Å²) in [5, 5.41) is 0. The maximum Gasteiger partial charge on any atom is 0.226 e. The summed E-state index contributed by atoms with van der Waals surface area (Å²) >= 11 is 0. The zero-order valence-electron chi connectivity index (χ0n) is 14.5. The molecule has 1 heterocycles. The van der Waals surface area contributed by atoms with E-state index in [1.54, 1.807) is 0 Å². The van der Waals surface area contributed by atoms with Gasteiger partial charge in [0, 0.05) is 32.1 Å². The van der Waals surface area contributed by atoms with E-state index in [4.69, 9.17) is 5.73 Å². The van der Waals surface area contributed by atoms with Crippen molar-refractivity contribution in [3.63, 3.8) is 0 Å². The van der Waals surface area contributed by atoms with Gasteiger partial charge in [0.1, 0.15) is 0 Å². The largest absolute Gasteiger partial charge is 0.340 e. The van der Waals surface area contributed by atoms with Crippen molar-refractivity contribution in [2.24, 2.45) is 17.6 Å². The highest BCUT2D eigenvalue weighted by Crippen LogP contribution is 2.32. The normalized spacial score (nSPS) is 25.2. The highest BCUT2D eigenvalue weighted by Gasteiger charge is 2.37. The highest BCUT2D eigenvalue weighted by atomic mass is 32.2. The van der Waals surface area contributed by atoms with E-state index < -0.39 is 10.0 Å². The Balaban J connectivity index is 1.57. The van der Waals surface area contributed by atoms with Crippen molar-refractivity contribution < 1.29 is 13.2 Å². The smallest absolute Gasteiger partial charge is 0.226 e. The van der Waals surface area contributed by atoms with Gasteiger partial charge in [-0.2, -0.15) is 4.31 Å². The first-order valence-corrected chi connectivity index (χ1v) is 10.6. The Labute approximate surface area is 150 Å². The van der Waals surface area contributed by atoms with Gasteiger partial charge < -0.3 is 10.6 Å². The summed E-state index contributed by atoms with van der Waals surface area (Å²) in [5.74, 6) is 0.484. The molecule has 25 heavy (non-hydrogen) atoms. The van der Waals surface area contributed by atoms with Crippen molar-refractivity contribution in [1.29, 1.82) is 0 Å². The summed E-state index contributed by atoms with van der Waals surface area (Å²) in [6, 6.07) is 9.21. The van der Waals surface area contributed by atoms with E-state index in [1.807, 2.05) is 35.2 Å². The quantitative estimate of drug-likeness (QED) is 0.845. The minimum atomic E-state index is -3.34. The number of sulfonamides is 1. The van der Waals surface area contributed by atoms with E-state index in [-0.39, 0.29) is 23.5 Å². The highest BCUT2D eigenvalue weighted by molar-refractivity contribution is 7.88. The molecule has 0 aromatic heterocycles. The van der Waals surface area contributed by atoms with Gasteiger partial charge in [-0.25, -0.2) is 8.42 Å².